The fraction of sp³-hybridized carbons (Fsp3) is 0.379. The van der Waals surface area contributed by atoms with Crippen molar-refractivity contribution in [2.45, 2.75) is 60.3 Å². The minimum Gasteiger partial charge on any atom is -0.0958 e. The van der Waals surface area contributed by atoms with Crippen molar-refractivity contribution in [2.75, 3.05) is 0 Å². The van der Waals surface area contributed by atoms with E-state index in [0.29, 0.717) is 5.92 Å². The van der Waals surface area contributed by atoms with Crippen molar-refractivity contribution in [1.82, 2.24) is 0 Å². The second-order valence-electron chi connectivity index (χ2n) is 8.13. The lowest BCUT2D eigenvalue weighted by Gasteiger charge is -2.15. The van der Waals surface area contributed by atoms with Crippen LogP contribution in [-0.2, 0) is 0 Å². The monoisotopic (exact) mass is 390 g/mol. The van der Waals surface area contributed by atoms with Crippen molar-refractivity contribution in [3.8, 4) is 0 Å². The predicted molar refractivity (Wildman–Crippen MR) is 135 cm³/mol. The van der Waals surface area contributed by atoms with Gasteiger partial charge in [-0.2, -0.15) is 0 Å². The lowest BCUT2D eigenvalue weighted by atomic mass is 9.91. The SMILES string of the molecule is C=C(/C=C\C(=C)C(=C)/C(C)=C\C(=C)C(=C)/C=C\C(=C)C(C)CCC(C)CC)CC. The second kappa shape index (κ2) is 13.8. The van der Waals surface area contributed by atoms with Crippen molar-refractivity contribution < 1.29 is 0 Å². The van der Waals surface area contributed by atoms with Crippen molar-refractivity contribution in [2.24, 2.45) is 11.8 Å². The summed E-state index contributed by atoms with van der Waals surface area (Å²) in [6.07, 6.45) is 14.6. The Kier molecular flexibility index (Phi) is 12.7. The Labute approximate surface area is 181 Å². The first-order valence-corrected chi connectivity index (χ1v) is 10.7. The molecule has 0 spiro atoms. The van der Waals surface area contributed by atoms with Gasteiger partial charge in [-0.25, -0.2) is 0 Å². The van der Waals surface area contributed by atoms with Gasteiger partial charge < -0.3 is 0 Å². The van der Waals surface area contributed by atoms with Crippen LogP contribution in [0.5, 0.6) is 0 Å². The summed E-state index contributed by atoms with van der Waals surface area (Å²) >= 11 is 0. The summed E-state index contributed by atoms with van der Waals surface area (Å²) in [6.45, 7) is 35.7. The molecule has 29 heavy (non-hydrogen) atoms. The Balaban J connectivity index is 4.87. The molecular weight excluding hydrogens is 348 g/mol. The first-order chi connectivity index (χ1) is 13.5. The first-order valence-electron chi connectivity index (χ1n) is 10.7. The zero-order chi connectivity index (χ0) is 22.6. The molecule has 0 nitrogen and oxygen atoms in total. The summed E-state index contributed by atoms with van der Waals surface area (Å²) < 4.78 is 0. The van der Waals surface area contributed by atoms with Crippen LogP contribution in [0.1, 0.15) is 60.3 Å². The van der Waals surface area contributed by atoms with Crippen LogP contribution in [0.25, 0.3) is 0 Å². The van der Waals surface area contributed by atoms with E-state index in [1.807, 2.05) is 31.2 Å². The quantitative estimate of drug-likeness (QED) is 0.259. The highest BCUT2D eigenvalue weighted by Gasteiger charge is 2.07. The molecule has 0 aromatic carbocycles. The Bertz CT molecular complexity index is 730. The Morgan fingerprint density at radius 3 is 1.90 bits per heavy atom. The van der Waals surface area contributed by atoms with Gasteiger partial charge >= 0.3 is 0 Å². The number of hydrogen-bond donors (Lipinski definition) is 0. The van der Waals surface area contributed by atoms with E-state index in [-0.39, 0.29) is 0 Å². The first kappa shape index (κ1) is 26.7. The summed E-state index contributed by atoms with van der Waals surface area (Å²) in [6, 6.07) is 0. The van der Waals surface area contributed by atoms with Crippen molar-refractivity contribution in [3.63, 3.8) is 0 Å². The van der Waals surface area contributed by atoms with Crippen molar-refractivity contribution in [1.29, 1.82) is 0 Å². The third-order valence-electron chi connectivity index (χ3n) is 5.56. The second-order valence-corrected chi connectivity index (χ2v) is 8.13. The molecule has 0 amide bonds. The van der Waals surface area contributed by atoms with E-state index in [9.17, 15) is 0 Å². The molecule has 0 N–H and O–H groups in total. The topological polar surface area (TPSA) is 0 Å². The van der Waals surface area contributed by atoms with Gasteiger partial charge in [0.1, 0.15) is 0 Å². The highest BCUT2D eigenvalue weighted by Crippen LogP contribution is 2.23. The molecule has 0 aromatic rings. The van der Waals surface area contributed by atoms with E-state index < -0.39 is 0 Å². The average Bonchev–Trinajstić information content (AvgIpc) is 2.71. The lowest BCUT2D eigenvalue weighted by molar-refractivity contribution is 0.454. The lowest BCUT2D eigenvalue weighted by Crippen LogP contribution is -2.00. The van der Waals surface area contributed by atoms with Crippen LogP contribution < -0.4 is 0 Å². The highest BCUT2D eigenvalue weighted by atomic mass is 14.1. The minimum atomic E-state index is 0.478. The van der Waals surface area contributed by atoms with Crippen LogP contribution in [0.2, 0.25) is 0 Å². The maximum absolute atomic E-state index is 4.23. The Morgan fingerprint density at radius 2 is 1.34 bits per heavy atom. The van der Waals surface area contributed by atoms with E-state index in [1.54, 1.807) is 0 Å². The van der Waals surface area contributed by atoms with Gasteiger partial charge in [-0.3, -0.25) is 0 Å². The van der Waals surface area contributed by atoms with Gasteiger partial charge in [0.2, 0.25) is 0 Å². The van der Waals surface area contributed by atoms with Crippen LogP contribution in [0.3, 0.4) is 0 Å². The number of allylic oxidation sites excluding steroid dienone is 12. The molecule has 0 radical (unpaired) electrons. The summed E-state index contributed by atoms with van der Waals surface area (Å²) in [5.41, 5.74) is 6.77. The van der Waals surface area contributed by atoms with Crippen molar-refractivity contribution in [3.05, 3.63) is 109 Å². The summed E-state index contributed by atoms with van der Waals surface area (Å²) in [5.74, 6) is 1.25. The molecule has 0 aliphatic rings. The molecule has 0 fully saturated rings. The molecule has 0 heteroatoms. The van der Waals surface area contributed by atoms with Crippen molar-refractivity contribution >= 4 is 0 Å². The average molecular weight is 391 g/mol. The molecule has 0 saturated carbocycles. The van der Waals surface area contributed by atoms with E-state index in [2.05, 4.69) is 73.2 Å². The molecule has 158 valence electrons. The molecule has 0 aliphatic carbocycles. The van der Waals surface area contributed by atoms with Gasteiger partial charge in [0.25, 0.3) is 0 Å². The molecule has 0 saturated heterocycles. The maximum atomic E-state index is 4.23. The third-order valence-corrected chi connectivity index (χ3v) is 5.56. The number of hydrogen-bond acceptors (Lipinski definition) is 0. The van der Waals surface area contributed by atoms with E-state index in [4.69, 9.17) is 0 Å². The molecule has 0 aromatic heterocycles. The fourth-order valence-electron chi connectivity index (χ4n) is 2.53. The van der Waals surface area contributed by atoms with Crippen LogP contribution in [0.4, 0.5) is 0 Å². The van der Waals surface area contributed by atoms with Gasteiger partial charge in [-0.05, 0) is 59.5 Å². The van der Waals surface area contributed by atoms with Gasteiger partial charge in [0.15, 0.2) is 0 Å². The predicted octanol–water partition coefficient (Wildman–Crippen LogP) is 9.25. The Hall–Kier alpha value is -2.34. The van der Waals surface area contributed by atoms with Gasteiger partial charge in [-0.1, -0.05) is 122 Å². The van der Waals surface area contributed by atoms with Gasteiger partial charge in [0, 0.05) is 0 Å². The van der Waals surface area contributed by atoms with Crippen LogP contribution in [-0.4, -0.2) is 0 Å². The molecule has 2 unspecified atom stereocenters. The standard InChI is InChI=1S/C29H42/c1-12-21(3)14-16-23(5)24(6)18-19-25(7)27(9)20-28(10)29(11)26(8)17-15-22(4)13-2/h15,17-21,23H,4,6-9,11-14,16H2,1-3,5,10H3/b17-15-,19-18-,28-20-. The minimum absolute atomic E-state index is 0.478. The van der Waals surface area contributed by atoms with E-state index >= 15 is 0 Å². The molecule has 0 bridgehead atoms. The van der Waals surface area contributed by atoms with Gasteiger partial charge in [0.05, 0.1) is 0 Å². The molecular formula is C29H42. The molecule has 0 aliphatic heterocycles. The zero-order valence-corrected chi connectivity index (χ0v) is 19.6. The largest absolute Gasteiger partial charge is 0.0958 e. The highest BCUT2D eigenvalue weighted by molar-refractivity contribution is 5.54. The van der Waals surface area contributed by atoms with Crippen LogP contribution in [0, 0.1) is 11.8 Å². The van der Waals surface area contributed by atoms with E-state index in [0.717, 1.165) is 51.4 Å². The third kappa shape index (κ3) is 10.7. The van der Waals surface area contributed by atoms with Gasteiger partial charge in [-0.15, -0.1) is 0 Å². The molecule has 2 atom stereocenters. The smallest absolute Gasteiger partial charge is 0.0196 e. The van der Waals surface area contributed by atoms with Crippen LogP contribution in [0.15, 0.2) is 109 Å². The number of rotatable bonds is 14. The zero-order valence-electron chi connectivity index (χ0n) is 19.6. The summed E-state index contributed by atoms with van der Waals surface area (Å²) in [5, 5.41) is 0. The fourth-order valence-corrected chi connectivity index (χ4v) is 2.53. The molecule has 0 heterocycles. The maximum Gasteiger partial charge on any atom is -0.0196 e. The summed E-state index contributed by atoms with van der Waals surface area (Å²) in [7, 11) is 0. The summed E-state index contributed by atoms with van der Waals surface area (Å²) in [4.78, 5) is 0. The van der Waals surface area contributed by atoms with E-state index in [1.165, 1.54) is 19.3 Å². The van der Waals surface area contributed by atoms with Crippen LogP contribution >= 0.6 is 0 Å². The Morgan fingerprint density at radius 1 is 0.759 bits per heavy atom. The normalized spacial score (nSPS) is 14.0. The molecule has 0 rings (SSSR count).